The molecule has 0 bridgehead atoms. The van der Waals surface area contributed by atoms with E-state index in [1.54, 1.807) is 0 Å². The van der Waals surface area contributed by atoms with Gasteiger partial charge >= 0.3 is 11.9 Å². The number of hydrogen-bond acceptors (Lipinski definition) is 4. The Morgan fingerprint density at radius 2 is 1.57 bits per heavy atom. The minimum Gasteiger partial charge on any atom is -0.468 e. The molecule has 3 aliphatic rings. The number of methoxy groups -OCH3 is 2. The SMILES string of the molecule is COC(=O)C1(C(=O)OC)C=C2C3C(CCCCC31)C2(C)C. The van der Waals surface area contributed by atoms with Crippen LogP contribution in [0.1, 0.15) is 39.5 Å². The molecule has 4 nitrogen and oxygen atoms in total. The summed E-state index contributed by atoms with van der Waals surface area (Å²) in [5.74, 6) is -0.00328. The fraction of sp³-hybridized carbons (Fsp3) is 0.765. The first-order chi connectivity index (χ1) is 9.91. The standard InChI is InChI=1S/C17H24O4/c1-16(2)10-7-5-6-8-11-13(10)12(16)9-17(11,14(18)20-3)15(19)21-4/h9-11,13H,5-8H2,1-4H3. The maximum atomic E-state index is 12.5. The number of hydrogen-bond donors (Lipinski definition) is 0. The molecule has 0 aromatic heterocycles. The van der Waals surface area contributed by atoms with Crippen molar-refractivity contribution in [2.24, 2.45) is 28.6 Å². The molecule has 116 valence electrons. The van der Waals surface area contributed by atoms with E-state index < -0.39 is 17.4 Å². The Kier molecular flexibility index (Phi) is 3.19. The Bertz CT molecular complexity index is 501. The van der Waals surface area contributed by atoms with Gasteiger partial charge in [-0.2, -0.15) is 0 Å². The van der Waals surface area contributed by atoms with Gasteiger partial charge in [-0.15, -0.1) is 0 Å². The van der Waals surface area contributed by atoms with Crippen molar-refractivity contribution in [2.75, 3.05) is 14.2 Å². The van der Waals surface area contributed by atoms with Gasteiger partial charge < -0.3 is 9.47 Å². The largest absolute Gasteiger partial charge is 0.468 e. The molecule has 0 aromatic rings. The molecule has 3 atom stereocenters. The van der Waals surface area contributed by atoms with Gasteiger partial charge in [0.2, 0.25) is 0 Å². The number of carbonyl (C=O) groups excluding carboxylic acids is 2. The summed E-state index contributed by atoms with van der Waals surface area (Å²) >= 11 is 0. The predicted molar refractivity (Wildman–Crippen MR) is 77.3 cm³/mol. The van der Waals surface area contributed by atoms with E-state index in [0.717, 1.165) is 12.8 Å². The third-order valence-corrected chi connectivity index (χ3v) is 6.19. The Morgan fingerprint density at radius 1 is 1.05 bits per heavy atom. The highest BCUT2D eigenvalue weighted by Gasteiger charge is 2.68. The van der Waals surface area contributed by atoms with Crippen LogP contribution in [0.25, 0.3) is 0 Å². The Morgan fingerprint density at radius 3 is 2.10 bits per heavy atom. The van der Waals surface area contributed by atoms with Crippen LogP contribution in [0, 0.1) is 28.6 Å². The van der Waals surface area contributed by atoms with E-state index in [-0.39, 0.29) is 11.3 Å². The lowest BCUT2D eigenvalue weighted by Crippen LogP contribution is -2.50. The molecule has 0 aromatic carbocycles. The molecule has 3 unspecified atom stereocenters. The first-order valence-corrected chi connectivity index (χ1v) is 7.81. The molecule has 0 saturated heterocycles. The van der Waals surface area contributed by atoms with Crippen molar-refractivity contribution in [3.05, 3.63) is 11.6 Å². The molecule has 3 aliphatic carbocycles. The van der Waals surface area contributed by atoms with Gasteiger partial charge in [-0.3, -0.25) is 9.59 Å². The Hall–Kier alpha value is -1.32. The van der Waals surface area contributed by atoms with Crippen LogP contribution in [0.2, 0.25) is 0 Å². The normalized spacial score (nSPS) is 34.9. The van der Waals surface area contributed by atoms with E-state index >= 15 is 0 Å². The Balaban J connectivity index is 2.13. The van der Waals surface area contributed by atoms with Crippen molar-refractivity contribution in [1.82, 2.24) is 0 Å². The van der Waals surface area contributed by atoms with Gasteiger partial charge in [0.05, 0.1) is 14.2 Å². The van der Waals surface area contributed by atoms with Crippen LogP contribution in [-0.4, -0.2) is 26.2 Å². The highest BCUT2D eigenvalue weighted by atomic mass is 16.5. The molecular weight excluding hydrogens is 268 g/mol. The topological polar surface area (TPSA) is 52.6 Å². The zero-order chi connectivity index (χ0) is 15.4. The second-order valence-electron chi connectivity index (χ2n) is 7.20. The first kappa shape index (κ1) is 14.6. The third kappa shape index (κ3) is 1.62. The lowest BCUT2D eigenvalue weighted by Gasteiger charge is -2.54. The van der Waals surface area contributed by atoms with Gasteiger partial charge in [-0.05, 0) is 36.0 Å². The molecule has 0 heterocycles. The molecule has 4 heteroatoms. The minimum atomic E-state index is -1.22. The summed E-state index contributed by atoms with van der Waals surface area (Å²) in [6, 6.07) is 0. The number of ether oxygens (including phenoxy) is 2. The van der Waals surface area contributed by atoms with Crippen molar-refractivity contribution in [1.29, 1.82) is 0 Å². The average Bonchev–Trinajstić information content (AvgIpc) is 2.65. The number of allylic oxidation sites excluding steroid dienone is 1. The van der Waals surface area contributed by atoms with Crippen molar-refractivity contribution in [3.63, 3.8) is 0 Å². The zero-order valence-electron chi connectivity index (χ0n) is 13.3. The van der Waals surface area contributed by atoms with Crippen LogP contribution in [0.15, 0.2) is 11.6 Å². The maximum Gasteiger partial charge on any atom is 0.327 e. The van der Waals surface area contributed by atoms with E-state index in [9.17, 15) is 9.59 Å². The molecule has 0 radical (unpaired) electrons. The molecule has 2 saturated carbocycles. The van der Waals surface area contributed by atoms with E-state index in [4.69, 9.17) is 9.47 Å². The van der Waals surface area contributed by atoms with Crippen LogP contribution < -0.4 is 0 Å². The van der Waals surface area contributed by atoms with Gasteiger partial charge in [0, 0.05) is 0 Å². The quantitative estimate of drug-likeness (QED) is 0.446. The highest BCUT2D eigenvalue weighted by Crippen LogP contribution is 2.69. The number of rotatable bonds is 2. The fourth-order valence-corrected chi connectivity index (χ4v) is 5.15. The summed E-state index contributed by atoms with van der Waals surface area (Å²) in [5, 5.41) is 0. The summed E-state index contributed by atoms with van der Waals surface area (Å²) in [5.41, 5.74) is 0.117. The third-order valence-electron chi connectivity index (χ3n) is 6.19. The van der Waals surface area contributed by atoms with Crippen LogP contribution >= 0.6 is 0 Å². The summed E-state index contributed by atoms with van der Waals surface area (Å²) < 4.78 is 10.0. The van der Waals surface area contributed by atoms with Crippen LogP contribution in [0.5, 0.6) is 0 Å². The van der Waals surface area contributed by atoms with Gasteiger partial charge in [0.25, 0.3) is 0 Å². The second kappa shape index (κ2) is 4.59. The van der Waals surface area contributed by atoms with E-state index in [1.165, 1.54) is 32.6 Å². The summed E-state index contributed by atoms with van der Waals surface area (Å²) in [6.07, 6.45) is 6.20. The molecule has 0 aliphatic heterocycles. The summed E-state index contributed by atoms with van der Waals surface area (Å²) in [7, 11) is 2.70. The van der Waals surface area contributed by atoms with Gasteiger partial charge in [0.15, 0.2) is 5.41 Å². The van der Waals surface area contributed by atoms with E-state index in [0.29, 0.717) is 11.8 Å². The van der Waals surface area contributed by atoms with Crippen LogP contribution in [0.4, 0.5) is 0 Å². The number of carbonyl (C=O) groups is 2. The second-order valence-corrected chi connectivity index (χ2v) is 7.20. The zero-order valence-corrected chi connectivity index (χ0v) is 13.3. The van der Waals surface area contributed by atoms with Crippen LogP contribution in [0.3, 0.4) is 0 Å². The Labute approximate surface area is 125 Å². The molecule has 0 N–H and O–H groups in total. The average molecular weight is 292 g/mol. The monoisotopic (exact) mass is 292 g/mol. The van der Waals surface area contributed by atoms with Crippen LogP contribution in [-0.2, 0) is 19.1 Å². The predicted octanol–water partition coefficient (Wildman–Crippen LogP) is 2.72. The molecule has 3 rings (SSSR count). The summed E-state index contributed by atoms with van der Waals surface area (Å²) in [4.78, 5) is 25.0. The van der Waals surface area contributed by atoms with E-state index in [1.807, 2.05) is 6.08 Å². The summed E-state index contributed by atoms with van der Waals surface area (Å²) in [6.45, 7) is 4.46. The fourth-order valence-electron chi connectivity index (χ4n) is 5.15. The first-order valence-electron chi connectivity index (χ1n) is 7.81. The molecule has 2 fully saturated rings. The lowest BCUT2D eigenvalue weighted by atomic mass is 9.50. The highest BCUT2D eigenvalue weighted by molar-refractivity contribution is 6.03. The molecular formula is C17H24O4. The van der Waals surface area contributed by atoms with E-state index in [2.05, 4.69) is 13.8 Å². The van der Waals surface area contributed by atoms with Gasteiger partial charge in [0.1, 0.15) is 0 Å². The lowest BCUT2D eigenvalue weighted by molar-refractivity contribution is -0.170. The molecule has 0 amide bonds. The van der Waals surface area contributed by atoms with Crippen molar-refractivity contribution in [2.45, 2.75) is 39.5 Å². The van der Waals surface area contributed by atoms with Crippen molar-refractivity contribution in [3.8, 4) is 0 Å². The number of esters is 2. The van der Waals surface area contributed by atoms with Gasteiger partial charge in [-0.25, -0.2) is 0 Å². The van der Waals surface area contributed by atoms with Crippen molar-refractivity contribution < 1.29 is 19.1 Å². The molecule has 0 spiro atoms. The molecule has 21 heavy (non-hydrogen) atoms. The van der Waals surface area contributed by atoms with Crippen molar-refractivity contribution >= 4 is 11.9 Å². The minimum absolute atomic E-state index is 0.00734. The smallest absolute Gasteiger partial charge is 0.327 e. The van der Waals surface area contributed by atoms with Gasteiger partial charge in [-0.1, -0.05) is 38.3 Å². The maximum absolute atomic E-state index is 12.5.